The zero-order valence-corrected chi connectivity index (χ0v) is 24.3. The Morgan fingerprint density at radius 3 is 2.66 bits per heavy atom. The first kappa shape index (κ1) is 28.0. The van der Waals surface area contributed by atoms with Crippen LogP contribution >= 0.6 is 11.8 Å². The van der Waals surface area contributed by atoms with E-state index in [2.05, 4.69) is 24.5 Å². The number of hydrogen-bond acceptors (Lipinski definition) is 5. The van der Waals surface area contributed by atoms with Crippen molar-refractivity contribution in [3.8, 4) is 0 Å². The van der Waals surface area contributed by atoms with Crippen LogP contribution in [0.25, 0.3) is 0 Å². The molecule has 1 spiro atoms. The average molecular weight is 578 g/mol. The molecule has 41 heavy (non-hydrogen) atoms. The summed E-state index contributed by atoms with van der Waals surface area (Å²) >= 11 is 1.57. The number of carbonyl (C=O) groups is 3. The van der Waals surface area contributed by atoms with Crippen molar-refractivity contribution in [2.45, 2.75) is 68.3 Å². The van der Waals surface area contributed by atoms with Crippen molar-refractivity contribution in [1.82, 2.24) is 10.2 Å². The maximum absolute atomic E-state index is 14.2. The summed E-state index contributed by atoms with van der Waals surface area (Å²) in [6.07, 6.45) is 8.04. The van der Waals surface area contributed by atoms with Gasteiger partial charge in [0.1, 0.15) is 17.5 Å². The number of benzene rings is 2. The van der Waals surface area contributed by atoms with Gasteiger partial charge in [0.2, 0.25) is 17.7 Å². The number of halogens is 1. The number of carbonyl (C=O) groups excluding carboxylic acids is 3. The summed E-state index contributed by atoms with van der Waals surface area (Å²) in [6, 6.07) is 12.5. The van der Waals surface area contributed by atoms with Gasteiger partial charge in [-0.25, -0.2) is 4.39 Å². The summed E-state index contributed by atoms with van der Waals surface area (Å²) in [7, 11) is 0. The van der Waals surface area contributed by atoms with Crippen molar-refractivity contribution in [2.75, 3.05) is 11.6 Å². The van der Waals surface area contributed by atoms with Crippen LogP contribution in [0, 0.1) is 29.5 Å². The van der Waals surface area contributed by atoms with E-state index in [1.54, 1.807) is 23.9 Å². The lowest BCUT2D eigenvalue weighted by molar-refractivity contribution is -0.142. The molecule has 2 bridgehead atoms. The normalized spacial score (nSPS) is 33.6. The molecule has 9 heteroatoms. The molecule has 7 nitrogen and oxygen atoms in total. The van der Waals surface area contributed by atoms with Gasteiger partial charge in [-0.2, -0.15) is 0 Å². The van der Waals surface area contributed by atoms with Crippen LogP contribution in [0.2, 0.25) is 0 Å². The topological polar surface area (TPSA) is 87.7 Å². The van der Waals surface area contributed by atoms with E-state index in [0.717, 1.165) is 24.2 Å². The average Bonchev–Trinajstić information content (AvgIpc) is 3.60. The summed E-state index contributed by atoms with van der Waals surface area (Å²) in [5.74, 6) is -2.11. The molecule has 1 saturated carbocycles. The van der Waals surface area contributed by atoms with E-state index in [0.29, 0.717) is 23.1 Å². The van der Waals surface area contributed by atoms with Crippen molar-refractivity contribution >= 4 is 35.2 Å². The van der Waals surface area contributed by atoms with Crippen LogP contribution in [0.1, 0.15) is 38.7 Å². The molecule has 1 aliphatic carbocycles. The Hall–Kier alpha value is -3.17. The van der Waals surface area contributed by atoms with Gasteiger partial charge in [0.25, 0.3) is 0 Å². The van der Waals surface area contributed by atoms with Crippen LogP contribution in [-0.4, -0.2) is 52.7 Å². The first-order valence-corrected chi connectivity index (χ1v) is 15.6. The first-order chi connectivity index (χ1) is 19.7. The lowest BCUT2D eigenvalue weighted by Crippen LogP contribution is -2.57. The van der Waals surface area contributed by atoms with E-state index < -0.39 is 29.6 Å². The molecule has 3 aliphatic heterocycles. The fourth-order valence-corrected chi connectivity index (χ4v) is 7.66. The Bertz CT molecular complexity index is 1380. The number of fused-ring (bicyclic) bond motifs is 1. The standard InChI is InChI=1S/C32H36FN3O4S/c1-18-6-4-9-24(19(18)2)35-30(38)28-32-15-14-25(40-32)26(29(37)34-22-7-5-8-23(16-22)41-3)27(32)31(39)36(28)17-20-10-12-21(33)13-11-20/h5,7-8,10-16,18-19,24-28H,4,6,9,17H2,1-3H3,(H,34,37)(H,35,38)/t18-,19-,24-,25+,26-,27+,28+,32+/m1/s1. The van der Waals surface area contributed by atoms with Crippen LogP contribution in [-0.2, 0) is 25.7 Å². The van der Waals surface area contributed by atoms with Crippen molar-refractivity contribution < 1.29 is 23.5 Å². The third-order valence-electron chi connectivity index (χ3n) is 9.56. The second-order valence-corrected chi connectivity index (χ2v) is 12.8. The predicted octanol–water partition coefficient (Wildman–Crippen LogP) is 4.78. The molecule has 0 unspecified atom stereocenters. The minimum absolute atomic E-state index is 0.00476. The summed E-state index contributed by atoms with van der Waals surface area (Å²) < 4.78 is 20.1. The summed E-state index contributed by atoms with van der Waals surface area (Å²) in [4.78, 5) is 44.6. The van der Waals surface area contributed by atoms with E-state index >= 15 is 0 Å². The first-order valence-electron chi connectivity index (χ1n) is 14.4. The molecule has 8 atom stereocenters. The number of thioether (sulfide) groups is 1. The largest absolute Gasteiger partial charge is 0.359 e. The number of rotatable bonds is 7. The molecule has 0 aromatic heterocycles. The monoisotopic (exact) mass is 577 g/mol. The molecule has 2 saturated heterocycles. The van der Waals surface area contributed by atoms with Gasteiger partial charge in [-0.3, -0.25) is 14.4 Å². The zero-order valence-electron chi connectivity index (χ0n) is 23.5. The highest BCUT2D eigenvalue weighted by Crippen LogP contribution is 2.55. The molecule has 2 N–H and O–H groups in total. The van der Waals surface area contributed by atoms with Gasteiger partial charge in [-0.15, -0.1) is 11.8 Å². The summed E-state index contributed by atoms with van der Waals surface area (Å²) in [5, 5.41) is 6.25. The third kappa shape index (κ3) is 4.87. The van der Waals surface area contributed by atoms with E-state index in [1.807, 2.05) is 42.7 Å². The van der Waals surface area contributed by atoms with Gasteiger partial charge >= 0.3 is 0 Å². The molecule has 3 amide bonds. The van der Waals surface area contributed by atoms with E-state index in [1.165, 1.54) is 17.0 Å². The minimum atomic E-state index is -1.25. The number of ether oxygens (including phenoxy) is 1. The highest BCUT2D eigenvalue weighted by atomic mass is 32.2. The smallest absolute Gasteiger partial charge is 0.246 e. The molecule has 6 rings (SSSR count). The highest BCUT2D eigenvalue weighted by Gasteiger charge is 2.72. The van der Waals surface area contributed by atoms with Crippen LogP contribution in [0.3, 0.4) is 0 Å². The van der Waals surface area contributed by atoms with Gasteiger partial charge in [0.15, 0.2) is 0 Å². The van der Waals surface area contributed by atoms with Crippen LogP contribution in [0.5, 0.6) is 0 Å². The Morgan fingerprint density at radius 1 is 1.12 bits per heavy atom. The van der Waals surface area contributed by atoms with Gasteiger partial charge in [-0.05, 0) is 60.4 Å². The van der Waals surface area contributed by atoms with Crippen LogP contribution < -0.4 is 10.6 Å². The minimum Gasteiger partial charge on any atom is -0.359 e. The Morgan fingerprint density at radius 2 is 1.90 bits per heavy atom. The molecule has 4 aliphatic rings. The Kier molecular flexibility index (Phi) is 7.44. The van der Waals surface area contributed by atoms with Crippen molar-refractivity contribution in [2.24, 2.45) is 23.7 Å². The number of likely N-dealkylation sites (tertiary alicyclic amines) is 1. The van der Waals surface area contributed by atoms with Gasteiger partial charge in [0.05, 0.1) is 17.9 Å². The number of nitrogens with one attached hydrogen (secondary N) is 2. The molecule has 3 fully saturated rings. The Balaban J connectivity index is 1.32. The number of amides is 3. The van der Waals surface area contributed by atoms with Gasteiger partial charge in [0, 0.05) is 23.2 Å². The fourth-order valence-electron chi connectivity index (χ4n) is 7.20. The van der Waals surface area contributed by atoms with Crippen molar-refractivity contribution in [3.05, 3.63) is 72.1 Å². The molecular formula is C32H36FN3O4S. The highest BCUT2D eigenvalue weighted by molar-refractivity contribution is 7.98. The molecular weight excluding hydrogens is 541 g/mol. The maximum atomic E-state index is 14.2. The fraction of sp³-hybridized carbons (Fsp3) is 0.469. The SMILES string of the molecule is CSc1cccc(NC(=O)[C@@H]2[C@@H]3C=C[C@]4(O3)[C@@H]2C(=O)N(Cc2ccc(F)cc2)[C@H]4C(=O)N[C@@H]2CCC[C@@H](C)[C@H]2C)c1. The van der Waals surface area contributed by atoms with Gasteiger partial charge in [-0.1, -0.05) is 57.0 Å². The summed E-state index contributed by atoms with van der Waals surface area (Å²) in [5.41, 5.74) is 0.0892. The molecule has 0 radical (unpaired) electrons. The third-order valence-corrected chi connectivity index (χ3v) is 10.3. The quantitative estimate of drug-likeness (QED) is 0.366. The maximum Gasteiger partial charge on any atom is 0.246 e. The molecule has 2 aromatic carbocycles. The number of anilines is 1. The van der Waals surface area contributed by atoms with E-state index in [9.17, 15) is 18.8 Å². The van der Waals surface area contributed by atoms with Crippen molar-refractivity contribution in [1.29, 1.82) is 0 Å². The number of hydrogen-bond donors (Lipinski definition) is 2. The second kappa shape index (κ2) is 10.9. The van der Waals surface area contributed by atoms with Gasteiger partial charge < -0.3 is 20.3 Å². The van der Waals surface area contributed by atoms with E-state index in [4.69, 9.17) is 4.74 Å². The zero-order chi connectivity index (χ0) is 28.9. The van der Waals surface area contributed by atoms with Crippen LogP contribution in [0.4, 0.5) is 10.1 Å². The molecule has 3 heterocycles. The molecule has 216 valence electrons. The van der Waals surface area contributed by atoms with E-state index in [-0.39, 0.29) is 36.1 Å². The van der Waals surface area contributed by atoms with Crippen molar-refractivity contribution in [3.63, 3.8) is 0 Å². The predicted molar refractivity (Wildman–Crippen MR) is 155 cm³/mol. The lowest BCUT2D eigenvalue weighted by atomic mass is 9.73. The Labute approximate surface area is 244 Å². The number of nitrogens with zero attached hydrogens (tertiary/aromatic N) is 1. The summed E-state index contributed by atoms with van der Waals surface area (Å²) in [6.45, 7) is 4.48. The van der Waals surface area contributed by atoms with Crippen LogP contribution in [0.15, 0.2) is 65.6 Å². The second-order valence-electron chi connectivity index (χ2n) is 11.9. The lowest BCUT2D eigenvalue weighted by Gasteiger charge is -2.38. The molecule has 2 aromatic rings.